The van der Waals surface area contributed by atoms with Gasteiger partial charge in [-0.2, -0.15) is 0 Å². The van der Waals surface area contributed by atoms with E-state index < -0.39 is 0 Å². The molecule has 5 nitrogen and oxygen atoms in total. The third kappa shape index (κ3) is 4.15. The van der Waals surface area contributed by atoms with Gasteiger partial charge >= 0.3 is 0 Å². The van der Waals surface area contributed by atoms with Crippen LogP contribution >= 0.6 is 0 Å². The zero-order chi connectivity index (χ0) is 14.4. The monoisotopic (exact) mass is 278 g/mol. The molecule has 1 aliphatic heterocycles. The van der Waals surface area contributed by atoms with Crippen LogP contribution in [0.2, 0.25) is 0 Å². The lowest BCUT2D eigenvalue weighted by atomic mass is 10.1. The van der Waals surface area contributed by atoms with Crippen molar-refractivity contribution in [3.05, 3.63) is 18.0 Å². The van der Waals surface area contributed by atoms with Gasteiger partial charge in [-0.1, -0.05) is 13.8 Å². The zero-order valence-corrected chi connectivity index (χ0v) is 12.5. The molecule has 0 amide bonds. The summed E-state index contributed by atoms with van der Waals surface area (Å²) in [4.78, 5) is 11.3. The Morgan fingerprint density at radius 2 is 2.15 bits per heavy atom. The molecule has 1 aromatic rings. The molecule has 0 aromatic carbocycles. The van der Waals surface area contributed by atoms with Gasteiger partial charge in [0, 0.05) is 49.7 Å². The highest BCUT2D eigenvalue weighted by Gasteiger charge is 2.25. The number of hydrogen-bond acceptors (Lipinski definition) is 5. The first kappa shape index (κ1) is 15.2. The molecule has 0 aliphatic carbocycles. The fraction of sp³-hybridized carbons (Fsp3) is 0.733. The van der Waals surface area contributed by atoms with E-state index in [2.05, 4.69) is 34.0 Å². The minimum absolute atomic E-state index is 0.269. The average Bonchev–Trinajstić information content (AvgIpc) is 2.91. The second-order valence-electron chi connectivity index (χ2n) is 5.78. The number of nitrogens with zero attached hydrogens (tertiary/aromatic N) is 3. The standard InChI is InChI=1S/C15H26N4O/c1-12(2)16-9-13-10-17-15(18-11-13)19-7-3-5-14(19)6-4-8-20/h10-12,14,16,20H,3-9H2,1-2H3. The van der Waals surface area contributed by atoms with E-state index in [1.807, 2.05) is 12.4 Å². The number of aromatic nitrogens is 2. The van der Waals surface area contributed by atoms with Gasteiger partial charge in [-0.05, 0) is 25.7 Å². The van der Waals surface area contributed by atoms with Crippen LogP contribution in [0.1, 0.15) is 45.1 Å². The van der Waals surface area contributed by atoms with Gasteiger partial charge in [-0.3, -0.25) is 0 Å². The number of aliphatic hydroxyl groups is 1. The summed E-state index contributed by atoms with van der Waals surface area (Å²) in [6.07, 6.45) is 8.09. The summed E-state index contributed by atoms with van der Waals surface area (Å²) in [7, 11) is 0. The second kappa shape index (κ2) is 7.55. The fourth-order valence-electron chi connectivity index (χ4n) is 2.64. The van der Waals surface area contributed by atoms with Crippen molar-refractivity contribution in [1.82, 2.24) is 15.3 Å². The van der Waals surface area contributed by atoms with Gasteiger partial charge in [0.25, 0.3) is 0 Å². The molecule has 2 rings (SSSR count). The third-order valence-electron chi connectivity index (χ3n) is 3.74. The maximum atomic E-state index is 8.97. The van der Waals surface area contributed by atoms with Gasteiger partial charge < -0.3 is 15.3 Å². The molecule has 0 bridgehead atoms. The number of anilines is 1. The molecule has 0 spiro atoms. The molecule has 0 radical (unpaired) electrons. The molecule has 2 heterocycles. The number of hydrogen-bond donors (Lipinski definition) is 2. The van der Waals surface area contributed by atoms with E-state index in [1.54, 1.807) is 0 Å². The van der Waals surface area contributed by atoms with Gasteiger partial charge in [0.2, 0.25) is 5.95 Å². The van der Waals surface area contributed by atoms with Gasteiger partial charge in [0.15, 0.2) is 0 Å². The quantitative estimate of drug-likeness (QED) is 0.795. The van der Waals surface area contributed by atoms with Crippen molar-refractivity contribution < 1.29 is 5.11 Å². The van der Waals surface area contributed by atoms with Gasteiger partial charge in [0.05, 0.1) is 0 Å². The Balaban J connectivity index is 1.94. The molecule has 1 atom stereocenters. The van der Waals surface area contributed by atoms with E-state index >= 15 is 0 Å². The smallest absolute Gasteiger partial charge is 0.225 e. The first-order valence-corrected chi connectivity index (χ1v) is 7.62. The summed E-state index contributed by atoms with van der Waals surface area (Å²) in [6, 6.07) is 0.956. The molecule has 5 heteroatoms. The Morgan fingerprint density at radius 1 is 1.40 bits per heavy atom. The van der Waals surface area contributed by atoms with E-state index in [4.69, 9.17) is 5.11 Å². The third-order valence-corrected chi connectivity index (χ3v) is 3.74. The van der Waals surface area contributed by atoms with E-state index in [9.17, 15) is 0 Å². The Bertz CT molecular complexity index is 393. The first-order valence-electron chi connectivity index (χ1n) is 7.62. The SMILES string of the molecule is CC(C)NCc1cnc(N2CCCC2CCCO)nc1. The predicted octanol–water partition coefficient (Wildman–Crippen LogP) is 1.72. The molecule has 1 aliphatic rings. The highest BCUT2D eigenvalue weighted by atomic mass is 16.2. The largest absolute Gasteiger partial charge is 0.396 e. The first-order chi connectivity index (χ1) is 9.70. The highest BCUT2D eigenvalue weighted by Crippen LogP contribution is 2.25. The lowest BCUT2D eigenvalue weighted by Gasteiger charge is -2.24. The van der Waals surface area contributed by atoms with Crippen LogP contribution in [0.25, 0.3) is 0 Å². The number of rotatable bonds is 7. The molecule has 1 fully saturated rings. The van der Waals surface area contributed by atoms with Crippen LogP contribution in [0.5, 0.6) is 0 Å². The summed E-state index contributed by atoms with van der Waals surface area (Å²) in [5, 5.41) is 12.3. The van der Waals surface area contributed by atoms with Crippen LogP contribution in [-0.4, -0.2) is 40.3 Å². The summed E-state index contributed by atoms with van der Waals surface area (Å²) in [6.45, 7) is 6.37. The van der Waals surface area contributed by atoms with Crippen molar-refractivity contribution in [3.63, 3.8) is 0 Å². The number of nitrogens with one attached hydrogen (secondary N) is 1. The topological polar surface area (TPSA) is 61.3 Å². The molecule has 0 saturated carbocycles. The van der Waals surface area contributed by atoms with Crippen molar-refractivity contribution in [1.29, 1.82) is 0 Å². The summed E-state index contributed by atoms with van der Waals surface area (Å²) in [5.41, 5.74) is 1.12. The van der Waals surface area contributed by atoms with Gasteiger partial charge in [-0.15, -0.1) is 0 Å². The molecule has 112 valence electrons. The van der Waals surface area contributed by atoms with Crippen LogP contribution in [0.3, 0.4) is 0 Å². The van der Waals surface area contributed by atoms with E-state index in [0.717, 1.165) is 37.4 Å². The Kier molecular flexibility index (Phi) is 5.73. The zero-order valence-electron chi connectivity index (χ0n) is 12.5. The Hall–Kier alpha value is -1.20. The van der Waals surface area contributed by atoms with Crippen molar-refractivity contribution in [2.45, 2.75) is 58.2 Å². The van der Waals surface area contributed by atoms with Crippen LogP contribution < -0.4 is 10.2 Å². The summed E-state index contributed by atoms with van der Waals surface area (Å²) >= 11 is 0. The predicted molar refractivity (Wildman–Crippen MR) is 80.7 cm³/mol. The summed E-state index contributed by atoms with van der Waals surface area (Å²) in [5.74, 6) is 0.832. The maximum Gasteiger partial charge on any atom is 0.225 e. The van der Waals surface area contributed by atoms with Crippen LogP contribution in [0.15, 0.2) is 12.4 Å². The Labute approximate surface area is 121 Å². The normalized spacial score (nSPS) is 19.0. The average molecular weight is 278 g/mol. The highest BCUT2D eigenvalue weighted by molar-refractivity contribution is 5.33. The molecule has 20 heavy (non-hydrogen) atoms. The molecule has 1 unspecified atom stereocenters. The van der Waals surface area contributed by atoms with E-state index in [-0.39, 0.29) is 6.61 Å². The van der Waals surface area contributed by atoms with Crippen molar-refractivity contribution in [2.75, 3.05) is 18.1 Å². The van der Waals surface area contributed by atoms with Gasteiger partial charge in [-0.25, -0.2) is 9.97 Å². The lowest BCUT2D eigenvalue weighted by molar-refractivity contribution is 0.279. The van der Waals surface area contributed by atoms with E-state index in [0.29, 0.717) is 12.1 Å². The molecular weight excluding hydrogens is 252 g/mol. The summed E-state index contributed by atoms with van der Waals surface area (Å²) < 4.78 is 0. The van der Waals surface area contributed by atoms with E-state index in [1.165, 1.54) is 12.8 Å². The van der Waals surface area contributed by atoms with Crippen molar-refractivity contribution in [2.24, 2.45) is 0 Å². The lowest BCUT2D eigenvalue weighted by Crippen LogP contribution is -2.31. The maximum absolute atomic E-state index is 8.97. The second-order valence-corrected chi connectivity index (χ2v) is 5.78. The molecule has 2 N–H and O–H groups in total. The molecule has 1 aromatic heterocycles. The fourth-order valence-corrected chi connectivity index (χ4v) is 2.64. The Morgan fingerprint density at radius 3 is 2.80 bits per heavy atom. The minimum atomic E-state index is 0.269. The molecule has 1 saturated heterocycles. The van der Waals surface area contributed by atoms with Crippen LogP contribution in [-0.2, 0) is 6.54 Å². The van der Waals surface area contributed by atoms with Crippen LogP contribution in [0, 0.1) is 0 Å². The van der Waals surface area contributed by atoms with Crippen LogP contribution in [0.4, 0.5) is 5.95 Å². The van der Waals surface area contributed by atoms with Crippen molar-refractivity contribution in [3.8, 4) is 0 Å². The molecular formula is C15H26N4O. The minimum Gasteiger partial charge on any atom is -0.396 e. The van der Waals surface area contributed by atoms with Gasteiger partial charge in [0.1, 0.15) is 0 Å². The number of aliphatic hydroxyl groups excluding tert-OH is 1. The van der Waals surface area contributed by atoms with Crippen molar-refractivity contribution >= 4 is 5.95 Å².